The minimum absolute atomic E-state index is 0. The van der Waals surface area contributed by atoms with Crippen molar-refractivity contribution >= 4 is 28.3 Å². The average Bonchev–Trinajstić information content (AvgIpc) is 2.15. The zero-order valence-corrected chi connectivity index (χ0v) is 10.2. The van der Waals surface area contributed by atoms with Gasteiger partial charge in [-0.15, -0.1) is 12.4 Å². The molecule has 1 aromatic rings. The van der Waals surface area contributed by atoms with Gasteiger partial charge in [-0.2, -0.15) is 0 Å². The Kier molecular flexibility index (Phi) is 7.09. The van der Waals surface area contributed by atoms with Crippen LogP contribution in [0.4, 0.5) is 0 Å². The zero-order chi connectivity index (χ0) is 9.68. The maximum Gasteiger partial charge on any atom is 0.110 e. The van der Waals surface area contributed by atoms with Crippen LogP contribution in [0.1, 0.15) is 24.4 Å². The molecule has 0 aliphatic carbocycles. The van der Waals surface area contributed by atoms with E-state index in [2.05, 4.69) is 20.9 Å². The second-order valence-corrected chi connectivity index (χ2v) is 3.67. The van der Waals surface area contributed by atoms with Crippen LogP contribution >= 0.6 is 28.3 Å². The predicted molar refractivity (Wildman–Crippen MR) is 64.4 cm³/mol. The van der Waals surface area contributed by atoms with E-state index in [4.69, 9.17) is 11.5 Å². The fraction of sp³-hybridized carbons (Fsp3) is 0.444. The van der Waals surface area contributed by atoms with E-state index in [1.165, 1.54) is 0 Å². The summed E-state index contributed by atoms with van der Waals surface area (Å²) in [5.41, 5.74) is 12.4. The molecular formula is C9H15BrClN3. The highest BCUT2D eigenvalue weighted by atomic mass is 79.9. The molecule has 14 heavy (non-hydrogen) atoms. The molecule has 0 saturated carbocycles. The molecule has 0 aromatic carbocycles. The molecule has 3 nitrogen and oxygen atoms in total. The third kappa shape index (κ3) is 3.92. The summed E-state index contributed by atoms with van der Waals surface area (Å²) in [4.78, 5) is 4.11. The molecule has 1 rings (SSSR count). The molecule has 0 radical (unpaired) electrons. The molecule has 80 valence electrons. The van der Waals surface area contributed by atoms with Crippen molar-refractivity contribution in [3.63, 3.8) is 0 Å². The van der Waals surface area contributed by atoms with Crippen LogP contribution in [-0.2, 0) is 0 Å². The molecule has 1 atom stereocenters. The van der Waals surface area contributed by atoms with Gasteiger partial charge in [0.25, 0.3) is 0 Å². The Bertz CT molecular complexity index is 270. The Morgan fingerprint density at radius 1 is 1.50 bits per heavy atom. The first kappa shape index (κ1) is 13.8. The number of hydrogen-bond donors (Lipinski definition) is 2. The standard InChI is InChI=1S/C9H14BrN3.ClH/c10-9-7(3-2-6-13-9)8(12)4-1-5-11;/h2-3,6,8H,1,4-5,11-12H2;1H/t8-;/m1./s1. The number of aromatic nitrogens is 1. The molecule has 0 aliphatic heterocycles. The lowest BCUT2D eigenvalue weighted by molar-refractivity contribution is 0.613. The Labute approximate surface area is 98.8 Å². The van der Waals surface area contributed by atoms with Crippen molar-refractivity contribution in [2.24, 2.45) is 11.5 Å². The number of hydrogen-bond acceptors (Lipinski definition) is 3. The van der Waals surface area contributed by atoms with E-state index in [1.807, 2.05) is 12.1 Å². The van der Waals surface area contributed by atoms with E-state index in [0.29, 0.717) is 6.54 Å². The third-order valence-corrected chi connectivity index (χ3v) is 2.57. The molecule has 0 unspecified atom stereocenters. The highest BCUT2D eigenvalue weighted by molar-refractivity contribution is 9.10. The normalized spacial score (nSPS) is 11.9. The van der Waals surface area contributed by atoms with E-state index in [9.17, 15) is 0 Å². The Balaban J connectivity index is 0.00000169. The van der Waals surface area contributed by atoms with Crippen LogP contribution < -0.4 is 11.5 Å². The van der Waals surface area contributed by atoms with Gasteiger partial charge in [0.2, 0.25) is 0 Å². The van der Waals surface area contributed by atoms with Gasteiger partial charge < -0.3 is 11.5 Å². The molecule has 0 amide bonds. The van der Waals surface area contributed by atoms with E-state index in [-0.39, 0.29) is 18.4 Å². The molecule has 1 heterocycles. The first-order valence-corrected chi connectivity index (χ1v) is 5.11. The summed E-state index contributed by atoms with van der Waals surface area (Å²) in [7, 11) is 0. The Hall–Kier alpha value is -0.160. The van der Waals surface area contributed by atoms with Gasteiger partial charge in [0.15, 0.2) is 0 Å². The molecule has 5 heteroatoms. The van der Waals surface area contributed by atoms with Crippen molar-refractivity contribution in [3.05, 3.63) is 28.5 Å². The minimum Gasteiger partial charge on any atom is -0.330 e. The molecular weight excluding hydrogens is 265 g/mol. The summed E-state index contributed by atoms with van der Waals surface area (Å²) < 4.78 is 0.833. The highest BCUT2D eigenvalue weighted by Crippen LogP contribution is 2.21. The van der Waals surface area contributed by atoms with E-state index in [1.54, 1.807) is 6.20 Å². The summed E-state index contributed by atoms with van der Waals surface area (Å²) in [5.74, 6) is 0. The summed E-state index contributed by atoms with van der Waals surface area (Å²) in [6, 6.07) is 3.91. The van der Waals surface area contributed by atoms with Crippen molar-refractivity contribution in [1.29, 1.82) is 0 Å². The maximum atomic E-state index is 5.96. The van der Waals surface area contributed by atoms with Crippen molar-refractivity contribution in [2.75, 3.05) is 6.54 Å². The van der Waals surface area contributed by atoms with Crippen molar-refractivity contribution in [1.82, 2.24) is 4.98 Å². The summed E-state index contributed by atoms with van der Waals surface area (Å²) in [6.45, 7) is 0.686. The summed E-state index contributed by atoms with van der Waals surface area (Å²) >= 11 is 3.37. The molecule has 4 N–H and O–H groups in total. The van der Waals surface area contributed by atoms with Crippen molar-refractivity contribution in [3.8, 4) is 0 Å². The van der Waals surface area contributed by atoms with Gasteiger partial charge in [-0.05, 0) is 41.4 Å². The van der Waals surface area contributed by atoms with Crippen LogP contribution in [0, 0.1) is 0 Å². The van der Waals surface area contributed by atoms with E-state index < -0.39 is 0 Å². The van der Waals surface area contributed by atoms with Crippen LogP contribution in [0.2, 0.25) is 0 Å². The number of rotatable bonds is 4. The summed E-state index contributed by atoms with van der Waals surface area (Å²) in [6.07, 6.45) is 3.59. The van der Waals surface area contributed by atoms with Gasteiger partial charge >= 0.3 is 0 Å². The number of nitrogens with two attached hydrogens (primary N) is 2. The third-order valence-electron chi connectivity index (χ3n) is 1.91. The topological polar surface area (TPSA) is 64.9 Å². The van der Waals surface area contributed by atoms with Gasteiger partial charge in [0.05, 0.1) is 0 Å². The molecule has 0 bridgehead atoms. The first-order chi connectivity index (χ1) is 6.25. The van der Waals surface area contributed by atoms with E-state index >= 15 is 0 Å². The molecule has 0 spiro atoms. The van der Waals surface area contributed by atoms with Gasteiger partial charge in [-0.1, -0.05) is 6.07 Å². The van der Waals surface area contributed by atoms with Gasteiger partial charge in [0, 0.05) is 17.8 Å². The summed E-state index contributed by atoms with van der Waals surface area (Å²) in [5, 5.41) is 0. The largest absolute Gasteiger partial charge is 0.330 e. The molecule has 0 aliphatic rings. The van der Waals surface area contributed by atoms with Crippen molar-refractivity contribution < 1.29 is 0 Å². The SMILES string of the molecule is Cl.NCCC[C@@H](N)c1cccnc1Br. The van der Waals surface area contributed by atoms with Crippen molar-refractivity contribution in [2.45, 2.75) is 18.9 Å². The second kappa shape index (κ2) is 7.17. The maximum absolute atomic E-state index is 5.96. The number of pyridine rings is 1. The van der Waals surface area contributed by atoms with Crippen LogP contribution in [0.3, 0.4) is 0 Å². The highest BCUT2D eigenvalue weighted by Gasteiger charge is 2.08. The van der Waals surface area contributed by atoms with Gasteiger partial charge in [-0.3, -0.25) is 0 Å². The van der Waals surface area contributed by atoms with Crippen LogP contribution in [0.25, 0.3) is 0 Å². The minimum atomic E-state index is 0. The molecule has 1 aromatic heterocycles. The van der Waals surface area contributed by atoms with Crippen LogP contribution in [0.5, 0.6) is 0 Å². The smallest absolute Gasteiger partial charge is 0.110 e. The van der Waals surface area contributed by atoms with Crippen LogP contribution in [-0.4, -0.2) is 11.5 Å². The predicted octanol–water partition coefficient (Wildman–Crippen LogP) is 2.00. The fourth-order valence-corrected chi connectivity index (χ4v) is 1.71. The van der Waals surface area contributed by atoms with Gasteiger partial charge in [0.1, 0.15) is 4.60 Å². The lowest BCUT2D eigenvalue weighted by Crippen LogP contribution is -2.13. The quantitative estimate of drug-likeness (QED) is 0.829. The second-order valence-electron chi connectivity index (χ2n) is 2.92. The fourth-order valence-electron chi connectivity index (χ4n) is 1.17. The Morgan fingerprint density at radius 3 is 2.79 bits per heavy atom. The number of halogens is 2. The zero-order valence-electron chi connectivity index (χ0n) is 7.82. The van der Waals surface area contributed by atoms with E-state index in [0.717, 1.165) is 23.0 Å². The van der Waals surface area contributed by atoms with Crippen LogP contribution in [0.15, 0.2) is 22.9 Å². The molecule has 0 saturated heterocycles. The lowest BCUT2D eigenvalue weighted by atomic mass is 10.1. The van der Waals surface area contributed by atoms with Gasteiger partial charge in [-0.25, -0.2) is 4.98 Å². The molecule has 0 fully saturated rings. The Morgan fingerprint density at radius 2 is 2.21 bits per heavy atom. The lowest BCUT2D eigenvalue weighted by Gasteiger charge is -2.11. The monoisotopic (exact) mass is 279 g/mol. The average molecular weight is 281 g/mol. The first-order valence-electron chi connectivity index (χ1n) is 4.31. The number of nitrogens with zero attached hydrogens (tertiary/aromatic N) is 1.